The molecule has 0 radical (unpaired) electrons. The molecule has 3 aromatic carbocycles. The van der Waals surface area contributed by atoms with Gasteiger partial charge in [-0.1, -0.05) is 12.1 Å². The number of carbonyl (C=O) groups is 1. The van der Waals surface area contributed by atoms with E-state index in [0.29, 0.717) is 18.9 Å². The van der Waals surface area contributed by atoms with Gasteiger partial charge in [-0.25, -0.2) is 4.79 Å². The van der Waals surface area contributed by atoms with E-state index in [1.807, 2.05) is 72.9 Å². The summed E-state index contributed by atoms with van der Waals surface area (Å²) >= 11 is 0. The Morgan fingerprint density at radius 1 is 0.892 bits per heavy atom. The van der Waals surface area contributed by atoms with E-state index in [-0.39, 0.29) is 6.03 Å². The van der Waals surface area contributed by atoms with Crippen molar-refractivity contribution in [3.63, 3.8) is 0 Å². The molecule has 1 fully saturated rings. The third-order valence-corrected chi connectivity index (χ3v) is 6.22. The average Bonchev–Trinajstić information content (AvgIpc) is 3.59. The summed E-state index contributed by atoms with van der Waals surface area (Å²) in [6, 6.07) is 21.1. The Kier molecular flexibility index (Phi) is 6.14. The van der Waals surface area contributed by atoms with Crippen LogP contribution in [0.15, 0.2) is 79.1 Å². The number of amides is 2. The van der Waals surface area contributed by atoms with Crippen molar-refractivity contribution < 1.29 is 9.53 Å². The number of hydrogen-bond acceptors (Lipinski definition) is 6. The SMILES string of the molecule is O=C(Nc1cccc(Nc2ccc3c(-c4cn[nH]c4)n[nH]c3c2)c1)Nc1cccc(N2CCOCC2)c1. The monoisotopic (exact) mass is 494 g/mol. The number of H-pyrrole nitrogens is 2. The Labute approximate surface area is 213 Å². The van der Waals surface area contributed by atoms with Crippen molar-refractivity contribution in [2.24, 2.45) is 0 Å². The highest BCUT2D eigenvalue weighted by Crippen LogP contribution is 2.29. The van der Waals surface area contributed by atoms with Crippen LogP contribution in [0.2, 0.25) is 0 Å². The molecule has 0 aliphatic carbocycles. The fourth-order valence-corrected chi connectivity index (χ4v) is 4.43. The van der Waals surface area contributed by atoms with Crippen molar-refractivity contribution in [2.45, 2.75) is 0 Å². The van der Waals surface area contributed by atoms with E-state index in [4.69, 9.17) is 4.74 Å². The van der Waals surface area contributed by atoms with Crippen molar-refractivity contribution in [3.05, 3.63) is 79.1 Å². The Morgan fingerprint density at radius 2 is 1.65 bits per heavy atom. The number of morpholine rings is 1. The number of fused-ring (bicyclic) bond motifs is 1. The highest BCUT2D eigenvalue weighted by Gasteiger charge is 2.13. The largest absolute Gasteiger partial charge is 0.378 e. The van der Waals surface area contributed by atoms with Crippen molar-refractivity contribution in [1.29, 1.82) is 0 Å². The molecule has 10 nitrogen and oxygen atoms in total. The quantitative estimate of drug-likeness (QED) is 0.222. The second kappa shape index (κ2) is 10.0. The lowest BCUT2D eigenvalue weighted by Crippen LogP contribution is -2.36. The molecule has 1 aliphatic heterocycles. The van der Waals surface area contributed by atoms with Crippen LogP contribution < -0.4 is 20.9 Å². The number of nitrogens with one attached hydrogen (secondary N) is 5. The summed E-state index contributed by atoms with van der Waals surface area (Å²) in [7, 11) is 0. The fourth-order valence-electron chi connectivity index (χ4n) is 4.43. The third kappa shape index (κ3) is 5.09. The minimum atomic E-state index is -0.304. The zero-order valence-electron chi connectivity index (χ0n) is 20.0. The fraction of sp³-hybridized carbons (Fsp3) is 0.148. The number of hydrogen-bond donors (Lipinski definition) is 5. The van der Waals surface area contributed by atoms with Gasteiger partial charge in [-0.15, -0.1) is 0 Å². The summed E-state index contributed by atoms with van der Waals surface area (Å²) in [5, 5.41) is 24.6. The van der Waals surface area contributed by atoms with Gasteiger partial charge >= 0.3 is 6.03 Å². The van der Waals surface area contributed by atoms with Crippen molar-refractivity contribution in [1.82, 2.24) is 20.4 Å². The lowest BCUT2D eigenvalue weighted by Gasteiger charge is -2.29. The summed E-state index contributed by atoms with van der Waals surface area (Å²) in [6.07, 6.45) is 3.56. The molecule has 5 N–H and O–H groups in total. The van der Waals surface area contributed by atoms with Crippen LogP contribution in [0.4, 0.5) is 33.2 Å². The van der Waals surface area contributed by atoms with Crippen molar-refractivity contribution in [2.75, 3.05) is 47.2 Å². The Hall–Kier alpha value is -4.83. The van der Waals surface area contributed by atoms with Gasteiger partial charge in [0.15, 0.2) is 0 Å². The summed E-state index contributed by atoms with van der Waals surface area (Å²) in [6.45, 7) is 3.11. The van der Waals surface area contributed by atoms with E-state index < -0.39 is 0 Å². The molecule has 1 aliphatic rings. The Morgan fingerprint density at radius 3 is 2.46 bits per heavy atom. The van der Waals surface area contributed by atoms with Gasteiger partial charge < -0.3 is 25.6 Å². The zero-order valence-corrected chi connectivity index (χ0v) is 20.0. The lowest BCUT2D eigenvalue weighted by molar-refractivity contribution is 0.122. The first-order valence-electron chi connectivity index (χ1n) is 12.1. The van der Waals surface area contributed by atoms with E-state index in [9.17, 15) is 4.79 Å². The van der Waals surface area contributed by atoms with Gasteiger partial charge in [-0.2, -0.15) is 10.2 Å². The summed E-state index contributed by atoms with van der Waals surface area (Å²) in [4.78, 5) is 14.9. The van der Waals surface area contributed by atoms with E-state index >= 15 is 0 Å². The first kappa shape index (κ1) is 22.6. The van der Waals surface area contributed by atoms with Gasteiger partial charge in [0.1, 0.15) is 5.69 Å². The van der Waals surface area contributed by atoms with E-state index in [1.54, 1.807) is 6.20 Å². The van der Waals surface area contributed by atoms with Gasteiger partial charge in [0.2, 0.25) is 0 Å². The topological polar surface area (TPSA) is 123 Å². The summed E-state index contributed by atoms with van der Waals surface area (Å²) < 4.78 is 5.43. The second-order valence-corrected chi connectivity index (χ2v) is 8.75. The first-order chi connectivity index (χ1) is 18.2. The van der Waals surface area contributed by atoms with Gasteiger partial charge in [0.05, 0.1) is 24.9 Å². The van der Waals surface area contributed by atoms with Crippen LogP contribution in [0, 0.1) is 0 Å². The first-order valence-corrected chi connectivity index (χ1v) is 12.1. The van der Waals surface area contributed by atoms with Crippen LogP contribution in [0.3, 0.4) is 0 Å². The summed E-state index contributed by atoms with van der Waals surface area (Å²) in [5.41, 5.74) is 6.92. The number of nitrogens with zero attached hydrogens (tertiary/aromatic N) is 3. The second-order valence-electron chi connectivity index (χ2n) is 8.75. The predicted octanol–water partition coefficient (Wildman–Crippen LogP) is 5.18. The molecular formula is C27H26N8O2. The smallest absolute Gasteiger partial charge is 0.323 e. The van der Waals surface area contributed by atoms with E-state index in [0.717, 1.165) is 58.0 Å². The van der Waals surface area contributed by atoms with E-state index in [1.165, 1.54) is 0 Å². The maximum absolute atomic E-state index is 12.7. The predicted molar refractivity (Wildman–Crippen MR) is 146 cm³/mol. The molecule has 2 amide bonds. The minimum Gasteiger partial charge on any atom is -0.378 e. The van der Waals surface area contributed by atoms with Gasteiger partial charge in [0, 0.05) is 58.7 Å². The Bertz CT molecular complexity index is 1520. The number of ether oxygens (including phenoxy) is 1. The average molecular weight is 495 g/mol. The molecule has 10 heteroatoms. The molecule has 5 aromatic rings. The highest BCUT2D eigenvalue weighted by atomic mass is 16.5. The molecule has 0 saturated carbocycles. The maximum Gasteiger partial charge on any atom is 0.323 e. The van der Waals surface area contributed by atoms with Crippen LogP contribution in [0.1, 0.15) is 0 Å². The van der Waals surface area contributed by atoms with Crippen LogP contribution >= 0.6 is 0 Å². The molecule has 0 bridgehead atoms. The molecule has 2 aromatic heterocycles. The van der Waals surface area contributed by atoms with Crippen molar-refractivity contribution >= 4 is 45.4 Å². The number of aromatic nitrogens is 4. The minimum absolute atomic E-state index is 0.304. The van der Waals surface area contributed by atoms with Gasteiger partial charge in [-0.05, 0) is 54.6 Å². The molecule has 0 spiro atoms. The van der Waals surface area contributed by atoms with Crippen LogP contribution in [-0.4, -0.2) is 52.7 Å². The molecule has 1 saturated heterocycles. The molecule has 6 rings (SSSR count). The number of anilines is 5. The van der Waals surface area contributed by atoms with Gasteiger partial charge in [-0.3, -0.25) is 10.2 Å². The molecule has 37 heavy (non-hydrogen) atoms. The highest BCUT2D eigenvalue weighted by molar-refractivity contribution is 6.00. The third-order valence-electron chi connectivity index (χ3n) is 6.22. The number of carbonyl (C=O) groups excluding carboxylic acids is 1. The molecule has 0 unspecified atom stereocenters. The van der Waals surface area contributed by atoms with Gasteiger partial charge in [0.25, 0.3) is 0 Å². The lowest BCUT2D eigenvalue weighted by atomic mass is 10.1. The zero-order chi connectivity index (χ0) is 25.0. The number of aromatic amines is 2. The molecule has 186 valence electrons. The summed E-state index contributed by atoms with van der Waals surface area (Å²) in [5.74, 6) is 0. The number of urea groups is 1. The molecule has 0 atom stereocenters. The van der Waals surface area contributed by atoms with Crippen LogP contribution in [0.25, 0.3) is 22.2 Å². The molecular weight excluding hydrogens is 468 g/mol. The Balaban J connectivity index is 1.11. The van der Waals surface area contributed by atoms with Crippen LogP contribution in [0.5, 0.6) is 0 Å². The molecule has 3 heterocycles. The van der Waals surface area contributed by atoms with Crippen molar-refractivity contribution in [3.8, 4) is 11.3 Å². The number of benzene rings is 3. The normalized spacial score (nSPS) is 13.5. The van der Waals surface area contributed by atoms with E-state index in [2.05, 4.69) is 41.2 Å². The number of rotatable bonds is 6. The standard InChI is InChI=1S/C27H26N8O2/c36-27(32-21-5-2-6-23(14-21)35-9-11-37-12-10-35)31-20-4-1-3-19(13-20)30-22-7-8-24-25(15-22)33-34-26(24)18-16-28-29-17-18/h1-8,13-17,30H,9-12H2,(H,28,29)(H,33,34)(H2,31,32,36). The maximum atomic E-state index is 12.7. The van der Waals surface area contributed by atoms with Crippen LogP contribution in [-0.2, 0) is 4.74 Å².